The van der Waals surface area contributed by atoms with Gasteiger partial charge in [-0.1, -0.05) is 90.1 Å². The number of carbonyl (C=O) groups excluding carboxylic acids is 1. The van der Waals surface area contributed by atoms with Gasteiger partial charge in [0.2, 0.25) is 5.28 Å². The lowest BCUT2D eigenvalue weighted by Crippen LogP contribution is -2.34. The molecule has 352 valence electrons. The molecule has 6 N–H and O–H groups in total. The van der Waals surface area contributed by atoms with Gasteiger partial charge in [-0.2, -0.15) is 23.7 Å². The van der Waals surface area contributed by atoms with Crippen LogP contribution in [0.4, 0.5) is 5.82 Å². The number of aliphatic hydroxyl groups excluding tert-OH is 1. The summed E-state index contributed by atoms with van der Waals surface area (Å²) in [6.45, 7) is 20.5. The predicted octanol–water partition coefficient (Wildman–Crippen LogP) is 6.57. The Morgan fingerprint density at radius 1 is 0.905 bits per heavy atom. The monoisotopic (exact) mass is 964 g/mol. The van der Waals surface area contributed by atoms with Crippen LogP contribution in [0, 0.1) is 0 Å². The Balaban J connectivity index is 0.000000650. The first-order valence-corrected chi connectivity index (χ1v) is 25.2. The van der Waals surface area contributed by atoms with E-state index in [1.165, 1.54) is 81.4 Å². The number of ether oxygens (including phenoxy) is 2. The second-order valence-electron chi connectivity index (χ2n) is 13.6. The van der Waals surface area contributed by atoms with Gasteiger partial charge < -0.3 is 44.4 Å². The molecule has 1 fully saturated rings. The third kappa shape index (κ3) is 17.9. The summed E-state index contributed by atoms with van der Waals surface area (Å²) in [5, 5.41) is 12.5. The predicted molar refractivity (Wildman–Crippen MR) is 237 cm³/mol. The molecule has 0 bridgehead atoms. The summed E-state index contributed by atoms with van der Waals surface area (Å²) < 4.78 is 70.8. The van der Waals surface area contributed by atoms with Crippen LogP contribution < -0.4 is 15.3 Å². The first-order chi connectivity index (χ1) is 29.8. The van der Waals surface area contributed by atoms with E-state index in [0.29, 0.717) is 5.56 Å². The molecule has 25 heteroatoms. The zero-order valence-electron chi connectivity index (χ0n) is 36.4. The van der Waals surface area contributed by atoms with Crippen LogP contribution in [-0.2, 0) is 47.7 Å². The van der Waals surface area contributed by atoms with Gasteiger partial charge in [-0.25, -0.2) is 18.7 Å². The molecule has 4 aromatic rings. The molecule has 5 rings (SSSR count). The number of nitrogens with zero attached hydrogens (tertiary/aromatic N) is 6. The number of aliphatic hydroxyl groups is 1. The van der Waals surface area contributed by atoms with Crippen LogP contribution in [0.2, 0.25) is 5.28 Å². The Kier molecular flexibility index (Phi) is 22.2. The number of hydrogen-bond donors (Lipinski definition) is 5. The van der Waals surface area contributed by atoms with E-state index in [1.54, 1.807) is 36.4 Å². The number of nitrogens with two attached hydrogens (primary N) is 1. The average Bonchev–Trinajstić information content (AvgIpc) is 3.83. The third-order valence-electron chi connectivity index (χ3n) is 9.34. The van der Waals surface area contributed by atoms with Crippen molar-refractivity contribution in [2.45, 2.75) is 86.0 Å². The molecule has 1 aliphatic heterocycles. The molecular formula is C38H60ClN8O13P3. The highest BCUT2D eigenvalue weighted by Gasteiger charge is 2.46. The van der Waals surface area contributed by atoms with Gasteiger partial charge in [-0.3, -0.25) is 13.9 Å². The molecule has 2 aromatic carbocycles. The van der Waals surface area contributed by atoms with E-state index in [0.717, 1.165) is 0 Å². The number of phosphoric acid groups is 2. The highest BCUT2D eigenvalue weighted by Crippen LogP contribution is 2.67. The number of nitrogens with one attached hydrogen (secondary N) is 1. The van der Waals surface area contributed by atoms with Gasteiger partial charge in [-0.15, -0.1) is 0 Å². The van der Waals surface area contributed by atoms with Crippen molar-refractivity contribution >= 4 is 57.9 Å². The van der Waals surface area contributed by atoms with Crippen LogP contribution in [0.3, 0.4) is 0 Å². The molecule has 2 aromatic heterocycles. The quantitative estimate of drug-likeness (QED) is 0.0336. The molecule has 1 saturated heterocycles. The minimum absolute atomic E-state index is 0.00700. The van der Waals surface area contributed by atoms with Gasteiger partial charge in [-0.05, 0) is 75.5 Å². The van der Waals surface area contributed by atoms with Crippen LogP contribution in [0.5, 0.6) is 5.75 Å². The molecule has 3 heterocycles. The molecule has 0 aliphatic carbocycles. The summed E-state index contributed by atoms with van der Waals surface area (Å²) in [6.07, 6.45) is -2.16. The van der Waals surface area contributed by atoms with Gasteiger partial charge in [0.1, 0.15) is 36.2 Å². The van der Waals surface area contributed by atoms with Gasteiger partial charge >= 0.3 is 29.4 Å². The van der Waals surface area contributed by atoms with E-state index in [1.807, 2.05) is 0 Å². The Bertz CT molecular complexity index is 2120. The average molecular weight is 965 g/mol. The van der Waals surface area contributed by atoms with Crippen molar-refractivity contribution in [3.63, 3.8) is 0 Å². The van der Waals surface area contributed by atoms with Crippen LogP contribution in [0.15, 0.2) is 67.0 Å². The number of fused-ring (bicyclic) bond motifs is 1. The fourth-order valence-corrected chi connectivity index (χ4v) is 10.4. The minimum atomic E-state index is -5.78. The van der Waals surface area contributed by atoms with E-state index in [4.69, 9.17) is 40.2 Å². The lowest BCUT2D eigenvalue weighted by Gasteiger charge is -2.25. The number of rotatable bonds is 21. The Hall–Kier alpha value is -3.36. The fraction of sp³-hybridized carbons (Fsp3) is 0.526. The number of aromatic nitrogens is 4. The van der Waals surface area contributed by atoms with Gasteiger partial charge in [0.05, 0.1) is 19.0 Å². The summed E-state index contributed by atoms with van der Waals surface area (Å²) >= 11 is 5.89. The normalized spacial score (nSPS) is 19.5. The lowest BCUT2D eigenvalue weighted by atomic mass is 10.2. The molecule has 1 aliphatic rings. The van der Waals surface area contributed by atoms with Crippen molar-refractivity contribution in [1.29, 1.82) is 0 Å². The third-order valence-corrected chi connectivity index (χ3v) is 14.5. The van der Waals surface area contributed by atoms with E-state index in [9.17, 15) is 33.4 Å². The SMILES string of the molecule is CCN(CC)CC.CCN(CC)CC.C[C@H](NP(=O)(Oc1ccccc1)OP(=O)(O)OP(=O)(O)OC[C@H]1O[C@@H](n2cnc3c(N)nc(Cl)nc32)C[C@@H]1O)C(=O)OCc1ccccc1. The Labute approximate surface area is 373 Å². The molecular weight excluding hydrogens is 905 g/mol. The number of carbonyl (C=O) groups is 1. The summed E-state index contributed by atoms with van der Waals surface area (Å²) in [6, 6.07) is 14.4. The van der Waals surface area contributed by atoms with Crippen molar-refractivity contribution in [3.05, 3.63) is 77.8 Å². The first kappa shape index (κ1) is 54.0. The Morgan fingerprint density at radius 2 is 1.46 bits per heavy atom. The number of benzene rings is 2. The summed E-state index contributed by atoms with van der Waals surface area (Å²) in [7, 11) is -16.3. The zero-order chi connectivity index (χ0) is 46.8. The van der Waals surface area contributed by atoms with Crippen LogP contribution in [0.25, 0.3) is 11.2 Å². The maximum atomic E-state index is 13.7. The molecule has 3 unspecified atom stereocenters. The van der Waals surface area contributed by atoms with E-state index in [-0.39, 0.29) is 41.0 Å². The smallest absolute Gasteiger partial charge is 0.460 e. The fourth-order valence-electron chi connectivity index (χ4n) is 5.80. The summed E-state index contributed by atoms with van der Waals surface area (Å²) in [5.74, 6) is -1.06. The van der Waals surface area contributed by atoms with E-state index in [2.05, 4.69) is 75.7 Å². The number of nitrogen functional groups attached to an aromatic ring is 1. The number of halogens is 1. The summed E-state index contributed by atoms with van der Waals surface area (Å²) in [5.41, 5.74) is 6.88. The molecule has 0 amide bonds. The summed E-state index contributed by atoms with van der Waals surface area (Å²) in [4.78, 5) is 50.0. The van der Waals surface area contributed by atoms with Crippen molar-refractivity contribution in [1.82, 2.24) is 34.4 Å². The van der Waals surface area contributed by atoms with Crippen molar-refractivity contribution < 1.29 is 60.5 Å². The molecule has 7 atom stereocenters. The number of hydrogen-bond acceptors (Lipinski definition) is 17. The molecule has 21 nitrogen and oxygen atoms in total. The van der Waals surface area contributed by atoms with Gasteiger partial charge in [0.15, 0.2) is 11.5 Å². The van der Waals surface area contributed by atoms with Gasteiger partial charge in [0.25, 0.3) is 0 Å². The zero-order valence-corrected chi connectivity index (χ0v) is 39.9. The molecule has 0 saturated carbocycles. The standard InChI is InChI=1S/C26H30ClN6O13P3.2C6H15N/c1-16(25(35)41-13-17-8-4-2-5-9-17)32-47(36,44-18-10-6-3-7-11-18)45-49(39,40)46-48(37,38)42-14-20-19(34)12-21(43-20)33-15-29-22-23(28)30-26(27)31-24(22)33;2*1-4-7(5-2)6-3/h2-11,15-16,19-21,34H,12-14H2,1H3,(H,32,36)(H,37,38)(H,39,40)(H2,28,30,31);2*4-6H2,1-3H3/t16-,19-,20+,21+,47?;;/m0../s1. The van der Waals surface area contributed by atoms with Crippen LogP contribution in [0.1, 0.15) is 66.7 Å². The van der Waals surface area contributed by atoms with E-state index >= 15 is 0 Å². The Morgan fingerprint density at radius 3 is 2.00 bits per heavy atom. The number of imidazole rings is 1. The highest BCUT2D eigenvalue weighted by atomic mass is 35.5. The van der Waals surface area contributed by atoms with Crippen LogP contribution >= 0.6 is 35.0 Å². The number of para-hydroxylation sites is 1. The number of esters is 1. The topological polar surface area (TPSA) is 272 Å². The largest absolute Gasteiger partial charge is 0.490 e. The van der Waals surface area contributed by atoms with E-state index < -0.39 is 60.4 Å². The maximum absolute atomic E-state index is 13.7. The van der Waals surface area contributed by atoms with Crippen molar-refractivity contribution in [3.8, 4) is 5.75 Å². The molecule has 0 spiro atoms. The van der Waals surface area contributed by atoms with Crippen LogP contribution in [-0.4, -0.2) is 114 Å². The second kappa shape index (κ2) is 26.0. The lowest BCUT2D eigenvalue weighted by molar-refractivity contribution is -0.146. The molecule has 0 radical (unpaired) electrons. The number of anilines is 1. The number of phosphoric ester groups is 1. The highest BCUT2D eigenvalue weighted by molar-refractivity contribution is 7.68. The first-order valence-electron chi connectivity index (χ1n) is 20.3. The van der Waals surface area contributed by atoms with Crippen molar-refractivity contribution in [2.75, 3.05) is 51.6 Å². The maximum Gasteiger partial charge on any atom is 0.490 e. The molecule has 63 heavy (non-hydrogen) atoms. The second-order valence-corrected chi connectivity index (χ2v) is 18.8. The minimum Gasteiger partial charge on any atom is -0.460 e. The van der Waals surface area contributed by atoms with Crippen molar-refractivity contribution in [2.24, 2.45) is 0 Å². The van der Waals surface area contributed by atoms with Gasteiger partial charge in [0, 0.05) is 6.42 Å².